The molecule has 1 fully saturated rings. The lowest BCUT2D eigenvalue weighted by atomic mass is 10.2. The fraction of sp³-hybridized carbons (Fsp3) is 0.435. The van der Waals surface area contributed by atoms with E-state index >= 15 is 0 Å². The molecular weight excluding hydrogens is 508 g/mol. The van der Waals surface area contributed by atoms with Crippen molar-refractivity contribution in [2.45, 2.75) is 13.0 Å². The molecule has 1 aliphatic heterocycles. The Labute approximate surface area is 201 Å². The van der Waals surface area contributed by atoms with Crippen molar-refractivity contribution >= 4 is 35.6 Å². The molecule has 0 aromatic heterocycles. The van der Waals surface area contributed by atoms with E-state index in [2.05, 4.69) is 25.4 Å². The van der Waals surface area contributed by atoms with Gasteiger partial charge in [-0.05, 0) is 31.2 Å². The van der Waals surface area contributed by atoms with Gasteiger partial charge in [0, 0.05) is 51.9 Å². The Balaban J connectivity index is 0.00000341. The lowest BCUT2D eigenvalue weighted by molar-refractivity contribution is 0.254. The lowest BCUT2D eigenvalue weighted by Crippen LogP contribution is -2.47. The molecular formula is C23H33FIN5O. The number of hydrogen-bond donors (Lipinski definition) is 2. The average Bonchev–Trinajstić information content (AvgIpc) is 2.79. The number of piperazine rings is 1. The van der Waals surface area contributed by atoms with Gasteiger partial charge in [0.1, 0.15) is 11.6 Å². The van der Waals surface area contributed by atoms with Crippen molar-refractivity contribution in [3.63, 3.8) is 0 Å². The monoisotopic (exact) mass is 541 g/mol. The maximum Gasteiger partial charge on any atom is 0.191 e. The number of halogens is 2. The highest BCUT2D eigenvalue weighted by molar-refractivity contribution is 14.0. The van der Waals surface area contributed by atoms with E-state index in [1.807, 2.05) is 36.4 Å². The zero-order valence-electron chi connectivity index (χ0n) is 18.3. The van der Waals surface area contributed by atoms with Crippen LogP contribution in [0.25, 0.3) is 0 Å². The molecule has 6 nitrogen and oxygen atoms in total. The first-order valence-electron chi connectivity index (χ1n) is 10.5. The first-order chi connectivity index (χ1) is 14.7. The summed E-state index contributed by atoms with van der Waals surface area (Å²) in [5.41, 5.74) is 1.81. The summed E-state index contributed by atoms with van der Waals surface area (Å²) in [6.45, 7) is 6.14. The lowest BCUT2D eigenvalue weighted by Gasteiger charge is -2.36. The van der Waals surface area contributed by atoms with E-state index in [0.29, 0.717) is 12.2 Å². The van der Waals surface area contributed by atoms with Crippen LogP contribution in [0.15, 0.2) is 53.5 Å². The number of nitrogens with zero attached hydrogens (tertiary/aromatic N) is 3. The van der Waals surface area contributed by atoms with Gasteiger partial charge in [0.05, 0.1) is 12.8 Å². The molecule has 8 heteroatoms. The molecule has 0 amide bonds. The van der Waals surface area contributed by atoms with Crippen molar-refractivity contribution in [1.29, 1.82) is 0 Å². The topological polar surface area (TPSA) is 52.1 Å². The number of anilines is 1. The third-order valence-electron chi connectivity index (χ3n) is 5.37. The van der Waals surface area contributed by atoms with Gasteiger partial charge in [-0.15, -0.1) is 24.0 Å². The van der Waals surface area contributed by atoms with Crippen LogP contribution < -0.4 is 20.3 Å². The minimum Gasteiger partial charge on any atom is -0.496 e. The highest BCUT2D eigenvalue weighted by Crippen LogP contribution is 2.20. The Hall–Kier alpha value is -2.07. The number of aliphatic imine (C=N–C) groups is 1. The molecule has 0 spiro atoms. The fourth-order valence-corrected chi connectivity index (χ4v) is 3.68. The van der Waals surface area contributed by atoms with Gasteiger partial charge in [-0.3, -0.25) is 9.89 Å². The van der Waals surface area contributed by atoms with Gasteiger partial charge >= 0.3 is 0 Å². The van der Waals surface area contributed by atoms with Crippen molar-refractivity contribution in [2.75, 3.05) is 58.3 Å². The van der Waals surface area contributed by atoms with Gasteiger partial charge in [-0.1, -0.05) is 30.3 Å². The van der Waals surface area contributed by atoms with E-state index in [-0.39, 0.29) is 29.8 Å². The molecule has 3 rings (SSSR count). The minimum atomic E-state index is -0.137. The van der Waals surface area contributed by atoms with Crippen molar-refractivity contribution in [2.24, 2.45) is 4.99 Å². The third kappa shape index (κ3) is 7.53. The van der Waals surface area contributed by atoms with Crippen molar-refractivity contribution in [3.8, 4) is 5.75 Å². The van der Waals surface area contributed by atoms with Crippen LogP contribution in [-0.4, -0.2) is 64.3 Å². The van der Waals surface area contributed by atoms with Crippen LogP contribution in [0.1, 0.15) is 12.0 Å². The average molecular weight is 541 g/mol. The summed E-state index contributed by atoms with van der Waals surface area (Å²) in [7, 11) is 3.46. The van der Waals surface area contributed by atoms with E-state index in [4.69, 9.17) is 4.74 Å². The predicted molar refractivity (Wildman–Crippen MR) is 136 cm³/mol. The van der Waals surface area contributed by atoms with Gasteiger partial charge < -0.3 is 20.3 Å². The minimum absolute atomic E-state index is 0. The van der Waals surface area contributed by atoms with Crippen LogP contribution in [0.4, 0.5) is 10.1 Å². The maximum atomic E-state index is 14.0. The summed E-state index contributed by atoms with van der Waals surface area (Å²) in [5.74, 6) is 1.52. The third-order valence-corrected chi connectivity index (χ3v) is 5.37. The molecule has 2 N–H and O–H groups in total. The smallest absolute Gasteiger partial charge is 0.191 e. The zero-order chi connectivity index (χ0) is 21.2. The molecule has 0 aliphatic carbocycles. The number of benzene rings is 2. The van der Waals surface area contributed by atoms with Gasteiger partial charge in [0.2, 0.25) is 0 Å². The Morgan fingerprint density at radius 3 is 2.45 bits per heavy atom. The van der Waals surface area contributed by atoms with Crippen LogP contribution in [0.2, 0.25) is 0 Å². The van der Waals surface area contributed by atoms with E-state index in [1.165, 1.54) is 6.07 Å². The highest BCUT2D eigenvalue weighted by Gasteiger charge is 2.18. The SMILES string of the molecule is CN=C(NCCCN1CCN(c2ccccc2F)CC1)NCc1ccccc1OC.I. The van der Waals surface area contributed by atoms with E-state index in [0.717, 1.165) is 63.0 Å². The molecule has 170 valence electrons. The molecule has 2 aromatic rings. The molecule has 0 atom stereocenters. The van der Waals surface area contributed by atoms with Crippen LogP contribution in [0.3, 0.4) is 0 Å². The largest absolute Gasteiger partial charge is 0.496 e. The summed E-state index contributed by atoms with van der Waals surface area (Å²) in [5, 5.41) is 6.70. The number of para-hydroxylation sites is 2. The summed E-state index contributed by atoms with van der Waals surface area (Å²) in [6.07, 6.45) is 1.02. The normalized spacial score (nSPS) is 14.7. The van der Waals surface area contributed by atoms with E-state index < -0.39 is 0 Å². The summed E-state index contributed by atoms with van der Waals surface area (Å²) < 4.78 is 19.3. The Bertz CT molecular complexity index is 827. The van der Waals surface area contributed by atoms with Crippen LogP contribution >= 0.6 is 24.0 Å². The quantitative estimate of drug-likeness (QED) is 0.233. The highest BCUT2D eigenvalue weighted by atomic mass is 127. The summed E-state index contributed by atoms with van der Waals surface area (Å²) >= 11 is 0. The second kappa shape index (κ2) is 13.4. The second-order valence-electron chi connectivity index (χ2n) is 7.30. The summed E-state index contributed by atoms with van der Waals surface area (Å²) in [6, 6.07) is 15.0. The van der Waals surface area contributed by atoms with Gasteiger partial charge in [-0.25, -0.2) is 4.39 Å². The van der Waals surface area contributed by atoms with Gasteiger partial charge in [0.15, 0.2) is 5.96 Å². The summed E-state index contributed by atoms with van der Waals surface area (Å²) in [4.78, 5) is 8.86. The second-order valence-corrected chi connectivity index (χ2v) is 7.30. The van der Waals surface area contributed by atoms with Crippen LogP contribution in [0.5, 0.6) is 5.75 Å². The van der Waals surface area contributed by atoms with Crippen molar-refractivity contribution in [1.82, 2.24) is 15.5 Å². The number of methoxy groups -OCH3 is 1. The van der Waals surface area contributed by atoms with E-state index in [9.17, 15) is 4.39 Å². The number of nitrogens with one attached hydrogen (secondary N) is 2. The zero-order valence-corrected chi connectivity index (χ0v) is 20.6. The van der Waals surface area contributed by atoms with Gasteiger partial charge in [0.25, 0.3) is 0 Å². The predicted octanol–water partition coefficient (Wildman–Crippen LogP) is 3.33. The molecule has 1 heterocycles. The molecule has 31 heavy (non-hydrogen) atoms. The van der Waals surface area contributed by atoms with Gasteiger partial charge in [-0.2, -0.15) is 0 Å². The molecule has 0 saturated carbocycles. The Kier molecular flexibility index (Phi) is 10.9. The molecule has 0 unspecified atom stereocenters. The first kappa shape index (κ1) is 25.2. The molecule has 0 radical (unpaired) electrons. The van der Waals surface area contributed by atoms with Crippen molar-refractivity contribution < 1.29 is 9.13 Å². The Morgan fingerprint density at radius 2 is 1.74 bits per heavy atom. The molecule has 1 aliphatic rings. The van der Waals surface area contributed by atoms with Crippen molar-refractivity contribution in [3.05, 3.63) is 59.9 Å². The fourth-order valence-electron chi connectivity index (χ4n) is 3.68. The first-order valence-corrected chi connectivity index (χ1v) is 10.5. The van der Waals surface area contributed by atoms with Crippen LogP contribution in [-0.2, 0) is 6.54 Å². The number of ether oxygens (including phenoxy) is 1. The maximum absolute atomic E-state index is 14.0. The van der Waals surface area contributed by atoms with Crippen LogP contribution in [0, 0.1) is 5.82 Å². The number of hydrogen-bond acceptors (Lipinski definition) is 4. The molecule has 2 aromatic carbocycles. The Morgan fingerprint density at radius 1 is 1.03 bits per heavy atom. The molecule has 0 bridgehead atoms. The number of rotatable bonds is 8. The van der Waals surface area contributed by atoms with E-state index in [1.54, 1.807) is 20.2 Å². The standard InChI is InChI=1S/C23H32FN5O.HI/c1-25-23(27-18-19-8-3-6-11-22(19)30-2)26-12-7-13-28-14-16-29(17-15-28)21-10-5-4-9-20(21)24;/h3-6,8-11H,7,12-18H2,1-2H3,(H2,25,26,27);1H. The molecule has 1 saturated heterocycles. The number of guanidine groups is 1.